The molecule has 0 bridgehead atoms. The van der Waals surface area contributed by atoms with E-state index in [2.05, 4.69) is 13.8 Å². The summed E-state index contributed by atoms with van der Waals surface area (Å²) in [5.74, 6) is 0. The minimum absolute atomic E-state index is 0. The molecule has 0 aliphatic rings. The molecule has 0 nitrogen and oxygen atoms in total. The van der Waals surface area contributed by atoms with Crippen molar-refractivity contribution in [2.24, 2.45) is 0 Å². The van der Waals surface area contributed by atoms with Crippen molar-refractivity contribution in [3.63, 3.8) is 0 Å². The maximum absolute atomic E-state index is 2.12. The molecular formula is C5H14Ru2. The van der Waals surface area contributed by atoms with E-state index in [0.717, 1.165) is 0 Å². The Kier molecular flexibility index (Phi) is 192. The van der Waals surface area contributed by atoms with Gasteiger partial charge >= 0.3 is 0 Å². The van der Waals surface area contributed by atoms with Gasteiger partial charge in [-0.2, -0.15) is 0 Å². The summed E-state index contributed by atoms with van der Waals surface area (Å²) in [6, 6.07) is 0. The zero-order valence-corrected chi connectivity index (χ0v) is 8.89. The number of hydrogen-bond acceptors (Lipinski definition) is 0. The van der Waals surface area contributed by atoms with Crippen LogP contribution in [0.2, 0.25) is 0 Å². The van der Waals surface area contributed by atoms with Gasteiger partial charge in [0.05, 0.1) is 0 Å². The minimum Gasteiger partial charge on any atom is -0.0683 e. The third-order valence-electron chi connectivity index (χ3n) is 0. The first-order valence-corrected chi connectivity index (χ1v) is 2.41. The van der Waals surface area contributed by atoms with Crippen molar-refractivity contribution in [1.29, 1.82) is 0 Å². The molecule has 0 aliphatic carbocycles. The Hall–Kier alpha value is 1.25. The molecule has 0 fully saturated rings. The van der Waals surface area contributed by atoms with Gasteiger partial charge in [-0.25, -0.2) is 0 Å². The molecule has 0 saturated carbocycles. The fourth-order valence-corrected chi connectivity index (χ4v) is 0. The van der Waals surface area contributed by atoms with E-state index in [4.69, 9.17) is 0 Å². The normalized spacial score (nSPS) is 3.43. The van der Waals surface area contributed by atoms with Gasteiger partial charge in [0.25, 0.3) is 0 Å². The van der Waals surface area contributed by atoms with Gasteiger partial charge in [-0.15, -0.1) is 0 Å². The SMILES string of the molecule is CC.CCC.[Ru].[Ru]. The first-order valence-electron chi connectivity index (χ1n) is 2.41. The van der Waals surface area contributed by atoms with Crippen LogP contribution in [-0.4, -0.2) is 0 Å². The van der Waals surface area contributed by atoms with Crippen LogP contribution >= 0.6 is 0 Å². The summed E-state index contributed by atoms with van der Waals surface area (Å²) in [7, 11) is 0. The first-order chi connectivity index (χ1) is 2.41. The van der Waals surface area contributed by atoms with E-state index in [0.29, 0.717) is 0 Å². The molecule has 0 unspecified atom stereocenters. The smallest absolute Gasteiger partial charge is 0 e. The van der Waals surface area contributed by atoms with Gasteiger partial charge in [0.1, 0.15) is 0 Å². The molecule has 0 rings (SSSR count). The summed E-state index contributed by atoms with van der Waals surface area (Å²) >= 11 is 0. The molecule has 0 aliphatic heterocycles. The molecule has 0 radical (unpaired) electrons. The van der Waals surface area contributed by atoms with Gasteiger partial charge in [-0.1, -0.05) is 34.1 Å². The summed E-state index contributed by atoms with van der Waals surface area (Å²) < 4.78 is 0. The molecule has 2 heteroatoms. The van der Waals surface area contributed by atoms with Crippen LogP contribution in [0.25, 0.3) is 0 Å². The summed E-state index contributed by atoms with van der Waals surface area (Å²) in [6.07, 6.45) is 1.25. The Bertz CT molecular complexity index is 6.04. The zero-order valence-electron chi connectivity index (χ0n) is 5.41. The van der Waals surface area contributed by atoms with Gasteiger partial charge in [0.2, 0.25) is 0 Å². The summed E-state index contributed by atoms with van der Waals surface area (Å²) in [6.45, 7) is 8.25. The van der Waals surface area contributed by atoms with Crippen molar-refractivity contribution >= 4 is 0 Å². The van der Waals surface area contributed by atoms with E-state index in [1.54, 1.807) is 0 Å². The molecule has 0 heterocycles. The summed E-state index contributed by atoms with van der Waals surface area (Å²) in [5.41, 5.74) is 0. The average molecular weight is 276 g/mol. The predicted molar refractivity (Wildman–Crippen MR) is 27.3 cm³/mol. The quantitative estimate of drug-likeness (QED) is 0.596. The molecule has 0 aromatic rings. The van der Waals surface area contributed by atoms with E-state index in [9.17, 15) is 0 Å². The van der Waals surface area contributed by atoms with Crippen LogP contribution in [-0.2, 0) is 39.0 Å². The van der Waals surface area contributed by atoms with E-state index < -0.39 is 0 Å². The van der Waals surface area contributed by atoms with Gasteiger partial charge in [-0.3, -0.25) is 0 Å². The Morgan fingerprint density at radius 1 is 0.857 bits per heavy atom. The van der Waals surface area contributed by atoms with Crippen molar-refractivity contribution in [2.45, 2.75) is 34.1 Å². The van der Waals surface area contributed by atoms with Crippen LogP contribution in [0, 0.1) is 0 Å². The molecule has 0 N–H and O–H groups in total. The summed E-state index contributed by atoms with van der Waals surface area (Å²) in [5, 5.41) is 0. The Balaban J connectivity index is -0.0000000105. The maximum Gasteiger partial charge on any atom is 0 e. The largest absolute Gasteiger partial charge is 0.0683 e. The third kappa shape index (κ3) is 128. The van der Waals surface area contributed by atoms with Gasteiger partial charge in [0, 0.05) is 39.0 Å². The molecule has 0 amide bonds. The molecule has 0 spiro atoms. The van der Waals surface area contributed by atoms with Gasteiger partial charge in [-0.05, 0) is 0 Å². The molecule has 50 valence electrons. The van der Waals surface area contributed by atoms with E-state index in [1.165, 1.54) is 6.42 Å². The van der Waals surface area contributed by atoms with Crippen LogP contribution in [0.3, 0.4) is 0 Å². The topological polar surface area (TPSA) is 0 Å². The van der Waals surface area contributed by atoms with Crippen molar-refractivity contribution in [2.75, 3.05) is 0 Å². The molecule has 0 saturated heterocycles. The fourth-order valence-electron chi connectivity index (χ4n) is 0. The maximum atomic E-state index is 2.12. The Labute approximate surface area is 73.0 Å². The zero-order chi connectivity index (χ0) is 4.71. The second-order valence-corrected chi connectivity index (χ2v) is 0.707. The average Bonchev–Trinajstić information content (AvgIpc) is 1.46. The second-order valence-electron chi connectivity index (χ2n) is 0.707. The van der Waals surface area contributed by atoms with Crippen LogP contribution in [0.4, 0.5) is 0 Å². The Morgan fingerprint density at radius 2 is 0.857 bits per heavy atom. The van der Waals surface area contributed by atoms with Crippen molar-refractivity contribution in [3.8, 4) is 0 Å². The van der Waals surface area contributed by atoms with Crippen molar-refractivity contribution in [3.05, 3.63) is 0 Å². The minimum atomic E-state index is 0. The van der Waals surface area contributed by atoms with E-state index in [1.807, 2.05) is 13.8 Å². The Morgan fingerprint density at radius 3 is 0.857 bits per heavy atom. The van der Waals surface area contributed by atoms with E-state index in [-0.39, 0.29) is 39.0 Å². The van der Waals surface area contributed by atoms with Gasteiger partial charge < -0.3 is 0 Å². The number of rotatable bonds is 0. The van der Waals surface area contributed by atoms with Crippen LogP contribution in [0.15, 0.2) is 0 Å². The molecular weight excluding hydrogens is 262 g/mol. The van der Waals surface area contributed by atoms with Gasteiger partial charge in [0.15, 0.2) is 0 Å². The molecule has 0 atom stereocenters. The van der Waals surface area contributed by atoms with Crippen LogP contribution < -0.4 is 0 Å². The monoisotopic (exact) mass is 278 g/mol. The van der Waals surface area contributed by atoms with Crippen molar-refractivity contribution < 1.29 is 39.0 Å². The predicted octanol–water partition coefficient (Wildman–Crippen LogP) is 2.44. The van der Waals surface area contributed by atoms with Crippen molar-refractivity contribution in [1.82, 2.24) is 0 Å². The standard InChI is InChI=1S/C3H8.C2H6.2Ru/c1-3-2;1-2;;/h3H2,1-2H3;1-2H3;;. The molecule has 7 heavy (non-hydrogen) atoms. The first kappa shape index (κ1) is 24.0. The second kappa shape index (κ2) is 56.0. The van der Waals surface area contributed by atoms with Crippen LogP contribution in [0.5, 0.6) is 0 Å². The molecule has 0 aromatic carbocycles. The van der Waals surface area contributed by atoms with E-state index >= 15 is 0 Å². The molecule has 0 aromatic heterocycles. The third-order valence-corrected chi connectivity index (χ3v) is 0. The summed E-state index contributed by atoms with van der Waals surface area (Å²) in [4.78, 5) is 0. The number of hydrogen-bond donors (Lipinski definition) is 0. The van der Waals surface area contributed by atoms with Crippen LogP contribution in [0.1, 0.15) is 34.1 Å². The fraction of sp³-hybridized carbons (Fsp3) is 1.00.